The Morgan fingerprint density at radius 2 is 1.50 bits per heavy atom. The van der Waals surface area contributed by atoms with Crippen molar-refractivity contribution in [2.24, 2.45) is 0 Å². The highest BCUT2D eigenvalue weighted by Gasteiger charge is 2.24. The fourth-order valence-electron chi connectivity index (χ4n) is 2.53. The van der Waals surface area contributed by atoms with Crippen molar-refractivity contribution >= 4 is 75.3 Å². The van der Waals surface area contributed by atoms with E-state index in [9.17, 15) is 4.79 Å². The van der Waals surface area contributed by atoms with Crippen LogP contribution in [0.5, 0.6) is 0 Å². The van der Waals surface area contributed by atoms with Crippen LogP contribution < -0.4 is 0 Å². The Hall–Kier alpha value is -0.910. The number of alkyl halides is 2. The Balaban J connectivity index is 2.13. The lowest BCUT2D eigenvalue weighted by Crippen LogP contribution is -2.17. The van der Waals surface area contributed by atoms with Gasteiger partial charge in [0.05, 0.1) is 4.83 Å². The van der Waals surface area contributed by atoms with E-state index in [4.69, 9.17) is 5.11 Å². The first-order valence-corrected chi connectivity index (χ1v) is 9.22. The summed E-state index contributed by atoms with van der Waals surface area (Å²) in [5.41, 5.74) is 0.938. The topological polar surface area (TPSA) is 37.3 Å². The van der Waals surface area contributed by atoms with Crippen molar-refractivity contribution in [1.82, 2.24) is 0 Å². The van der Waals surface area contributed by atoms with Crippen LogP contribution in [0.25, 0.3) is 21.5 Å². The summed E-state index contributed by atoms with van der Waals surface area (Å²) in [7, 11) is 0. The van der Waals surface area contributed by atoms with Crippen LogP contribution in [-0.4, -0.2) is 15.9 Å². The summed E-state index contributed by atoms with van der Waals surface area (Å²) >= 11 is 10.2. The summed E-state index contributed by atoms with van der Waals surface area (Å²) in [4.78, 5) is 10.2. The summed E-state index contributed by atoms with van der Waals surface area (Å²) < 4.78 is 1.06. The van der Waals surface area contributed by atoms with E-state index >= 15 is 0 Å². The second kappa shape index (κ2) is 6.30. The third-order valence-corrected chi connectivity index (χ3v) is 6.81. The fraction of sp³-hybridized carbons (Fsp3) is 0.118. The van der Waals surface area contributed by atoms with Gasteiger partial charge in [0.25, 0.3) is 0 Å². The van der Waals surface area contributed by atoms with Crippen molar-refractivity contribution in [3.8, 4) is 0 Å². The molecule has 1 N–H and O–H groups in total. The molecule has 112 valence electrons. The van der Waals surface area contributed by atoms with Gasteiger partial charge >= 0.3 is 5.97 Å². The number of halogens is 3. The number of carboxylic acids is 1. The van der Waals surface area contributed by atoms with Gasteiger partial charge in [0.1, 0.15) is 4.83 Å². The van der Waals surface area contributed by atoms with E-state index in [1.807, 2.05) is 18.2 Å². The molecule has 0 aliphatic carbocycles. The highest BCUT2D eigenvalue weighted by Crippen LogP contribution is 2.35. The third kappa shape index (κ3) is 2.94. The minimum atomic E-state index is -0.884. The Morgan fingerprint density at radius 3 is 2.14 bits per heavy atom. The number of carboxylic acid groups (broad SMARTS) is 1. The zero-order valence-electron chi connectivity index (χ0n) is 11.3. The van der Waals surface area contributed by atoms with Crippen molar-refractivity contribution in [1.29, 1.82) is 0 Å². The first-order chi connectivity index (χ1) is 10.5. The molecule has 0 saturated carbocycles. The molecule has 0 aliphatic rings. The SMILES string of the molecule is O=C(O)C(Br)C(Br)c1ccc2c(ccc3cc(Br)ccc32)c1. The second-order valence-electron chi connectivity index (χ2n) is 5.05. The summed E-state index contributed by atoms with van der Waals surface area (Å²) in [6.07, 6.45) is 0. The Bertz CT molecular complexity index is 876. The van der Waals surface area contributed by atoms with E-state index < -0.39 is 10.8 Å². The maximum atomic E-state index is 11.1. The number of carbonyl (C=O) groups is 1. The molecular formula is C17H11Br3O2. The Labute approximate surface area is 152 Å². The fourth-order valence-corrected chi connectivity index (χ4v) is 3.72. The molecule has 22 heavy (non-hydrogen) atoms. The molecular weight excluding hydrogens is 476 g/mol. The predicted octanol–water partition coefficient (Wildman–Crippen LogP) is 6.04. The minimum absolute atomic E-state index is 0.282. The number of aliphatic carboxylic acids is 1. The molecule has 0 heterocycles. The summed E-state index contributed by atoms with van der Waals surface area (Å²) in [6.45, 7) is 0. The number of rotatable bonds is 3. The molecule has 0 bridgehead atoms. The maximum absolute atomic E-state index is 11.1. The molecule has 3 rings (SSSR count). The molecule has 0 amide bonds. The van der Waals surface area contributed by atoms with Crippen LogP contribution in [0.2, 0.25) is 0 Å². The molecule has 2 nitrogen and oxygen atoms in total. The van der Waals surface area contributed by atoms with Crippen LogP contribution in [0.3, 0.4) is 0 Å². The van der Waals surface area contributed by atoms with Crippen LogP contribution >= 0.6 is 47.8 Å². The monoisotopic (exact) mass is 484 g/mol. The normalized spacial score (nSPS) is 14.1. The van der Waals surface area contributed by atoms with E-state index in [2.05, 4.69) is 78.1 Å². The van der Waals surface area contributed by atoms with E-state index in [1.54, 1.807) is 0 Å². The van der Waals surface area contributed by atoms with Crippen LogP contribution in [0.4, 0.5) is 0 Å². The van der Waals surface area contributed by atoms with E-state index in [-0.39, 0.29) is 4.83 Å². The van der Waals surface area contributed by atoms with Gasteiger partial charge in [-0.2, -0.15) is 0 Å². The van der Waals surface area contributed by atoms with Crippen LogP contribution in [0.1, 0.15) is 10.4 Å². The van der Waals surface area contributed by atoms with Gasteiger partial charge in [0.2, 0.25) is 0 Å². The highest BCUT2D eigenvalue weighted by molar-refractivity contribution is 9.12. The van der Waals surface area contributed by atoms with E-state index in [0.717, 1.165) is 20.8 Å². The highest BCUT2D eigenvalue weighted by atomic mass is 79.9. The van der Waals surface area contributed by atoms with Crippen molar-refractivity contribution in [2.45, 2.75) is 9.65 Å². The molecule has 0 radical (unpaired) electrons. The Morgan fingerprint density at radius 1 is 0.909 bits per heavy atom. The zero-order valence-corrected chi connectivity index (χ0v) is 16.0. The second-order valence-corrected chi connectivity index (χ2v) is 7.94. The summed E-state index contributed by atoms with van der Waals surface area (Å²) in [5, 5.41) is 13.7. The molecule has 0 aliphatic heterocycles. The number of fused-ring (bicyclic) bond motifs is 3. The number of hydrogen-bond acceptors (Lipinski definition) is 1. The number of hydrogen-bond donors (Lipinski definition) is 1. The number of benzene rings is 3. The summed E-state index contributed by atoms with van der Waals surface area (Å²) in [6, 6.07) is 16.4. The van der Waals surface area contributed by atoms with Gasteiger partial charge in [-0.05, 0) is 45.3 Å². The van der Waals surface area contributed by atoms with Crippen molar-refractivity contribution < 1.29 is 9.90 Å². The van der Waals surface area contributed by atoms with Gasteiger partial charge in [-0.25, -0.2) is 0 Å². The standard InChI is InChI=1S/C17H11Br3O2/c18-12-4-6-14-10(8-12)2-1-9-7-11(3-5-13(9)14)15(19)16(20)17(21)22/h1-8,15-16H,(H,21,22). The van der Waals surface area contributed by atoms with Gasteiger partial charge < -0.3 is 5.11 Å². The molecule has 3 aromatic carbocycles. The molecule has 0 fully saturated rings. The van der Waals surface area contributed by atoms with Crippen LogP contribution in [0.15, 0.2) is 53.0 Å². The predicted molar refractivity (Wildman–Crippen MR) is 101 cm³/mol. The van der Waals surface area contributed by atoms with Crippen molar-refractivity contribution in [2.75, 3.05) is 0 Å². The molecule has 5 heteroatoms. The van der Waals surface area contributed by atoms with Gasteiger partial charge in [-0.15, -0.1) is 0 Å². The van der Waals surface area contributed by atoms with Gasteiger partial charge in [0.15, 0.2) is 0 Å². The first-order valence-electron chi connectivity index (χ1n) is 6.60. The largest absolute Gasteiger partial charge is 0.480 e. The maximum Gasteiger partial charge on any atom is 0.318 e. The molecule has 0 spiro atoms. The van der Waals surface area contributed by atoms with Gasteiger partial charge in [-0.3, -0.25) is 4.79 Å². The zero-order chi connectivity index (χ0) is 15.9. The average Bonchev–Trinajstić information content (AvgIpc) is 2.52. The smallest absolute Gasteiger partial charge is 0.318 e. The van der Waals surface area contributed by atoms with Crippen molar-refractivity contribution in [3.63, 3.8) is 0 Å². The molecule has 2 unspecified atom stereocenters. The third-order valence-electron chi connectivity index (χ3n) is 3.63. The molecule has 3 aromatic rings. The minimum Gasteiger partial charge on any atom is -0.480 e. The van der Waals surface area contributed by atoms with Gasteiger partial charge in [0, 0.05) is 4.47 Å². The van der Waals surface area contributed by atoms with E-state index in [1.165, 1.54) is 10.8 Å². The molecule has 0 aromatic heterocycles. The lowest BCUT2D eigenvalue weighted by Gasteiger charge is -2.14. The lowest BCUT2D eigenvalue weighted by molar-refractivity contribution is -0.136. The van der Waals surface area contributed by atoms with Crippen LogP contribution in [0, 0.1) is 0 Å². The van der Waals surface area contributed by atoms with E-state index in [0.29, 0.717) is 0 Å². The summed E-state index contributed by atoms with van der Waals surface area (Å²) in [5.74, 6) is -0.884. The van der Waals surface area contributed by atoms with Gasteiger partial charge in [-0.1, -0.05) is 78.1 Å². The lowest BCUT2D eigenvalue weighted by atomic mass is 9.99. The first kappa shape index (κ1) is 16.0. The molecule has 0 saturated heterocycles. The molecule has 2 atom stereocenters. The Kier molecular flexibility index (Phi) is 4.57. The van der Waals surface area contributed by atoms with Crippen molar-refractivity contribution in [3.05, 3.63) is 58.6 Å². The quantitative estimate of drug-likeness (QED) is 0.362. The van der Waals surface area contributed by atoms with Crippen LogP contribution in [-0.2, 0) is 4.79 Å². The average molecular weight is 487 g/mol.